The molecule has 2 aliphatic rings. The van der Waals surface area contributed by atoms with E-state index in [1.807, 2.05) is 12.1 Å². The summed E-state index contributed by atoms with van der Waals surface area (Å²) in [5, 5.41) is 0.945. The first kappa shape index (κ1) is 21.4. The number of aryl methyl sites for hydroxylation is 1. The lowest BCUT2D eigenvalue weighted by molar-refractivity contribution is -0.121. The lowest BCUT2D eigenvalue weighted by Crippen LogP contribution is -2.30. The fraction of sp³-hybridized carbons (Fsp3) is 0.318. The van der Waals surface area contributed by atoms with Crippen LogP contribution in [0.4, 0.5) is 10.8 Å². The summed E-state index contributed by atoms with van der Waals surface area (Å²) in [4.78, 5) is 19.1. The van der Waals surface area contributed by atoms with Gasteiger partial charge in [0.05, 0.1) is 4.90 Å². The summed E-state index contributed by atoms with van der Waals surface area (Å²) in [6, 6.07) is 12.4. The summed E-state index contributed by atoms with van der Waals surface area (Å²) < 4.78 is 31.3. The molecule has 1 aromatic heterocycles. The van der Waals surface area contributed by atoms with Gasteiger partial charge in [-0.1, -0.05) is 17.7 Å². The van der Waals surface area contributed by atoms with Crippen molar-refractivity contribution < 1.29 is 13.2 Å². The second-order valence-corrected chi connectivity index (χ2v) is 11.0. The third kappa shape index (κ3) is 4.00. The van der Waals surface area contributed by atoms with Gasteiger partial charge in [0.25, 0.3) is 10.0 Å². The Balaban J connectivity index is 1.34. The minimum absolute atomic E-state index is 0.0716. The second-order valence-electron chi connectivity index (χ2n) is 8.07. The maximum Gasteiger partial charge on any atom is 0.263 e. The molecule has 2 heterocycles. The van der Waals surface area contributed by atoms with Crippen LogP contribution in [0.15, 0.2) is 53.7 Å². The highest BCUT2D eigenvalue weighted by atomic mass is 35.5. The average Bonchev–Trinajstić information content (AvgIpc) is 3.42. The first-order chi connectivity index (χ1) is 15.4. The molecule has 1 amide bonds. The number of aromatic nitrogens is 2. The van der Waals surface area contributed by atoms with E-state index in [0.717, 1.165) is 42.2 Å². The van der Waals surface area contributed by atoms with E-state index in [9.17, 15) is 13.2 Å². The number of anilines is 2. The molecular weight excluding hydrogens is 468 g/mol. The minimum Gasteiger partial charge on any atom is -0.312 e. The summed E-state index contributed by atoms with van der Waals surface area (Å²) in [5.74, 6) is 0.224. The van der Waals surface area contributed by atoms with E-state index in [-0.39, 0.29) is 27.8 Å². The molecule has 166 valence electrons. The van der Waals surface area contributed by atoms with Crippen molar-refractivity contribution in [3.63, 3.8) is 0 Å². The van der Waals surface area contributed by atoms with Gasteiger partial charge in [-0.2, -0.15) is 4.37 Å². The van der Waals surface area contributed by atoms with Crippen LogP contribution in [0.1, 0.15) is 36.3 Å². The van der Waals surface area contributed by atoms with Gasteiger partial charge in [-0.3, -0.25) is 9.52 Å². The van der Waals surface area contributed by atoms with Crippen molar-refractivity contribution in [2.75, 3.05) is 16.2 Å². The first-order valence-corrected chi connectivity index (χ1v) is 13.0. The maximum atomic E-state index is 13.3. The van der Waals surface area contributed by atoms with Gasteiger partial charge in [-0.25, -0.2) is 13.4 Å². The fourth-order valence-electron chi connectivity index (χ4n) is 4.77. The van der Waals surface area contributed by atoms with Crippen molar-refractivity contribution in [3.8, 4) is 0 Å². The number of carbonyl (C=O) groups excluding carboxylic acids is 1. The maximum absolute atomic E-state index is 13.3. The van der Waals surface area contributed by atoms with E-state index in [0.29, 0.717) is 12.2 Å². The molecule has 2 aromatic carbocycles. The number of nitrogens with one attached hydrogen (secondary N) is 1. The number of hydrogen-bond donors (Lipinski definition) is 1. The minimum atomic E-state index is -3.76. The standard InChI is InChI=1S/C22H21ClN4O3S2/c23-15-4-9-18-14(12-15)2-1-3-19(18)20-10-11-27(21(20)28)16-5-7-17(8-6-16)32(29,30)26-22-24-13-25-31-22/h4-9,12-13,19-20H,1-3,10-11H2,(H,24,25,26)/t19?,20-/m1/s1. The largest absolute Gasteiger partial charge is 0.312 e. The highest BCUT2D eigenvalue weighted by Crippen LogP contribution is 2.43. The number of nitrogens with zero attached hydrogens (tertiary/aromatic N) is 3. The molecule has 1 N–H and O–H groups in total. The predicted octanol–water partition coefficient (Wildman–Crippen LogP) is 4.47. The smallest absolute Gasteiger partial charge is 0.263 e. The van der Waals surface area contributed by atoms with Gasteiger partial charge in [0.15, 0.2) is 0 Å². The normalized spacial score (nSPS) is 20.9. The van der Waals surface area contributed by atoms with Crippen molar-refractivity contribution in [3.05, 3.63) is 64.9 Å². The molecule has 7 nitrogen and oxygen atoms in total. The van der Waals surface area contributed by atoms with Gasteiger partial charge in [-0.05, 0) is 79.1 Å². The van der Waals surface area contributed by atoms with Crippen LogP contribution in [0.5, 0.6) is 0 Å². The molecular formula is C22H21ClN4O3S2. The van der Waals surface area contributed by atoms with Crippen LogP contribution in [0.25, 0.3) is 0 Å². The Kier molecular flexibility index (Phi) is 5.65. The monoisotopic (exact) mass is 488 g/mol. The molecule has 10 heteroatoms. The van der Waals surface area contributed by atoms with E-state index in [2.05, 4.69) is 20.1 Å². The van der Waals surface area contributed by atoms with E-state index < -0.39 is 10.0 Å². The second kappa shape index (κ2) is 8.46. The molecule has 0 bridgehead atoms. The van der Waals surface area contributed by atoms with E-state index >= 15 is 0 Å². The predicted molar refractivity (Wildman–Crippen MR) is 125 cm³/mol. The molecule has 1 aliphatic heterocycles. The van der Waals surface area contributed by atoms with Gasteiger partial charge in [0.2, 0.25) is 11.0 Å². The highest BCUT2D eigenvalue weighted by molar-refractivity contribution is 7.93. The molecule has 1 unspecified atom stereocenters. The quantitative estimate of drug-likeness (QED) is 0.572. The van der Waals surface area contributed by atoms with Crippen LogP contribution < -0.4 is 9.62 Å². The summed E-state index contributed by atoms with van der Waals surface area (Å²) in [5.41, 5.74) is 3.20. The molecule has 0 radical (unpaired) electrons. The zero-order valence-electron chi connectivity index (χ0n) is 17.1. The van der Waals surface area contributed by atoms with Crippen LogP contribution in [0, 0.1) is 5.92 Å². The number of rotatable bonds is 5. The van der Waals surface area contributed by atoms with Crippen molar-refractivity contribution in [2.45, 2.75) is 36.5 Å². The Hall–Kier alpha value is -2.49. The molecule has 1 fully saturated rings. The molecule has 32 heavy (non-hydrogen) atoms. The molecule has 1 saturated heterocycles. The summed E-state index contributed by atoms with van der Waals surface area (Å²) >= 11 is 7.14. The Morgan fingerprint density at radius 3 is 2.66 bits per heavy atom. The van der Waals surface area contributed by atoms with Crippen LogP contribution >= 0.6 is 23.1 Å². The van der Waals surface area contributed by atoms with E-state index in [1.165, 1.54) is 29.6 Å². The number of fused-ring (bicyclic) bond motifs is 1. The lowest BCUT2D eigenvalue weighted by atomic mass is 9.75. The molecule has 3 aromatic rings. The van der Waals surface area contributed by atoms with Gasteiger partial charge in [0.1, 0.15) is 6.33 Å². The number of amides is 1. The Morgan fingerprint density at radius 2 is 1.91 bits per heavy atom. The number of hydrogen-bond acceptors (Lipinski definition) is 6. The zero-order chi connectivity index (χ0) is 22.3. The SMILES string of the molecule is O=C1[C@@H](C2CCCc3cc(Cl)ccc32)CCN1c1ccc(S(=O)(=O)Nc2ncns2)cc1. The number of carbonyl (C=O) groups is 1. The molecule has 1 aliphatic carbocycles. The van der Waals surface area contributed by atoms with Crippen molar-refractivity contribution >= 4 is 49.9 Å². The molecule has 5 rings (SSSR count). The van der Waals surface area contributed by atoms with Gasteiger partial charge in [0, 0.05) is 34.7 Å². The van der Waals surface area contributed by atoms with Crippen LogP contribution in [-0.4, -0.2) is 30.2 Å². The Bertz CT molecular complexity index is 1250. The van der Waals surface area contributed by atoms with Crippen molar-refractivity contribution in [1.82, 2.24) is 9.36 Å². The van der Waals surface area contributed by atoms with Gasteiger partial charge < -0.3 is 4.90 Å². The van der Waals surface area contributed by atoms with E-state index in [4.69, 9.17) is 11.6 Å². The first-order valence-electron chi connectivity index (χ1n) is 10.4. The van der Waals surface area contributed by atoms with Gasteiger partial charge in [-0.15, -0.1) is 0 Å². The third-order valence-corrected chi connectivity index (χ3v) is 8.54. The van der Waals surface area contributed by atoms with Gasteiger partial charge >= 0.3 is 0 Å². The van der Waals surface area contributed by atoms with Crippen molar-refractivity contribution in [1.29, 1.82) is 0 Å². The number of halogens is 1. The third-order valence-electron chi connectivity index (χ3n) is 6.24. The summed E-state index contributed by atoms with van der Waals surface area (Å²) in [6.07, 6.45) is 5.12. The van der Waals surface area contributed by atoms with Crippen LogP contribution in [-0.2, 0) is 21.2 Å². The highest BCUT2D eigenvalue weighted by Gasteiger charge is 2.40. The summed E-state index contributed by atoms with van der Waals surface area (Å²) in [7, 11) is -3.76. The fourth-order valence-corrected chi connectivity index (χ4v) is 6.62. The number of benzene rings is 2. The summed E-state index contributed by atoms with van der Waals surface area (Å²) in [6.45, 7) is 0.623. The molecule has 0 spiro atoms. The molecule has 2 atom stereocenters. The average molecular weight is 489 g/mol. The van der Waals surface area contributed by atoms with E-state index in [1.54, 1.807) is 17.0 Å². The number of sulfonamides is 1. The molecule has 0 saturated carbocycles. The zero-order valence-corrected chi connectivity index (χ0v) is 19.5. The van der Waals surface area contributed by atoms with Crippen LogP contribution in [0.2, 0.25) is 5.02 Å². The van der Waals surface area contributed by atoms with Crippen LogP contribution in [0.3, 0.4) is 0 Å². The van der Waals surface area contributed by atoms with Crippen molar-refractivity contribution in [2.24, 2.45) is 5.92 Å². The Morgan fingerprint density at radius 1 is 1.09 bits per heavy atom. The topological polar surface area (TPSA) is 92.3 Å². The lowest BCUT2D eigenvalue weighted by Gasteiger charge is -2.29. The Labute approximate surface area is 195 Å².